The van der Waals surface area contributed by atoms with Gasteiger partial charge in [-0.15, -0.1) is 0 Å². The van der Waals surface area contributed by atoms with Crippen molar-refractivity contribution in [3.05, 3.63) is 77.0 Å². The van der Waals surface area contributed by atoms with Crippen molar-refractivity contribution in [3.8, 4) is 11.1 Å². The number of benzene rings is 1. The van der Waals surface area contributed by atoms with E-state index < -0.39 is 5.56 Å². The van der Waals surface area contributed by atoms with Crippen LogP contribution in [-0.4, -0.2) is 43.6 Å². The van der Waals surface area contributed by atoms with Gasteiger partial charge in [-0.1, -0.05) is 23.9 Å². The van der Waals surface area contributed by atoms with Crippen molar-refractivity contribution in [3.63, 3.8) is 0 Å². The molecule has 3 aromatic rings. The molecule has 2 fully saturated rings. The van der Waals surface area contributed by atoms with Crippen molar-refractivity contribution in [2.75, 3.05) is 5.32 Å². The Balaban J connectivity index is 1.14. The number of aliphatic hydroxyl groups excluding tert-OH is 1. The summed E-state index contributed by atoms with van der Waals surface area (Å²) < 4.78 is 13.9. The normalized spacial score (nSPS) is 23.0. The Hall–Kier alpha value is -3.34. The maximum absolute atomic E-state index is 13.9. The second-order valence-corrected chi connectivity index (χ2v) is 10.00. The molecule has 0 spiro atoms. The van der Waals surface area contributed by atoms with Gasteiger partial charge in [-0.3, -0.25) is 9.78 Å². The fraction of sp³-hybridized carbons (Fsp3) is 0.308. The topological polar surface area (TPSA) is 112 Å². The number of aliphatic hydroxyl groups is 1. The first-order valence-electron chi connectivity index (χ1n) is 11.9. The number of carbonyl (C=O) groups excluding carboxylic acids is 1. The van der Waals surface area contributed by atoms with Gasteiger partial charge in [0.1, 0.15) is 5.82 Å². The monoisotopic (exact) mass is 506 g/mol. The van der Waals surface area contributed by atoms with Gasteiger partial charge in [-0.2, -0.15) is 0 Å². The Bertz CT molecular complexity index is 1250. The Labute approximate surface area is 212 Å². The molecule has 5 rings (SSSR count). The summed E-state index contributed by atoms with van der Waals surface area (Å²) in [4.78, 5) is 25.2. The highest BCUT2D eigenvalue weighted by atomic mass is 32.2. The zero-order valence-corrected chi connectivity index (χ0v) is 20.3. The third kappa shape index (κ3) is 6.07. The molecular weight excluding hydrogens is 479 g/mol. The molecule has 1 saturated heterocycles. The van der Waals surface area contributed by atoms with Gasteiger partial charge >= 0.3 is 0 Å². The molecule has 1 amide bonds. The van der Waals surface area contributed by atoms with Crippen LogP contribution < -0.4 is 16.0 Å². The molecule has 1 unspecified atom stereocenters. The fourth-order valence-electron chi connectivity index (χ4n) is 4.52. The summed E-state index contributed by atoms with van der Waals surface area (Å²) in [6.07, 6.45) is 10.7. The lowest BCUT2D eigenvalue weighted by Crippen LogP contribution is -2.37. The molecule has 1 aromatic carbocycles. The third-order valence-electron chi connectivity index (χ3n) is 6.36. The second-order valence-electron chi connectivity index (χ2n) is 8.87. The molecule has 3 heterocycles. The Kier molecular flexibility index (Phi) is 7.55. The van der Waals surface area contributed by atoms with Crippen molar-refractivity contribution in [2.24, 2.45) is 0 Å². The minimum Gasteiger partial charge on any atom is -0.364 e. The zero-order chi connectivity index (χ0) is 24.9. The van der Waals surface area contributed by atoms with Crippen molar-refractivity contribution >= 4 is 29.7 Å². The first kappa shape index (κ1) is 24.4. The molecule has 0 radical (unpaired) electrons. The van der Waals surface area contributed by atoms with Crippen LogP contribution in [0.25, 0.3) is 17.2 Å². The van der Waals surface area contributed by atoms with E-state index in [1.807, 2.05) is 18.2 Å². The van der Waals surface area contributed by atoms with Gasteiger partial charge in [-0.25, -0.2) is 14.4 Å². The van der Waals surface area contributed by atoms with Gasteiger partial charge in [0, 0.05) is 42.8 Å². The Morgan fingerprint density at radius 1 is 1.14 bits per heavy atom. The second kappa shape index (κ2) is 11.2. The highest BCUT2D eigenvalue weighted by molar-refractivity contribution is 8.05. The van der Waals surface area contributed by atoms with E-state index in [0.717, 1.165) is 54.1 Å². The average Bonchev–Trinajstić information content (AvgIpc) is 3.21. The zero-order valence-electron chi connectivity index (χ0n) is 19.5. The number of nitrogens with zero attached hydrogens (tertiary/aromatic N) is 3. The van der Waals surface area contributed by atoms with Gasteiger partial charge in [-0.05, 0) is 67.2 Å². The molecule has 2 aromatic heterocycles. The van der Waals surface area contributed by atoms with Crippen LogP contribution in [0.1, 0.15) is 36.9 Å². The fourth-order valence-corrected chi connectivity index (χ4v) is 5.28. The summed E-state index contributed by atoms with van der Waals surface area (Å²) >= 11 is 1.06. The minimum atomic E-state index is -0.919. The number of hydrogen-bond donors (Lipinski definition) is 4. The van der Waals surface area contributed by atoms with E-state index in [2.05, 4.69) is 30.9 Å². The van der Waals surface area contributed by atoms with Crippen molar-refractivity contribution in [2.45, 2.75) is 49.9 Å². The number of pyridine rings is 1. The number of anilines is 1. The number of amides is 1. The highest BCUT2D eigenvalue weighted by Crippen LogP contribution is 2.28. The highest BCUT2D eigenvalue weighted by Gasteiger charge is 2.25. The summed E-state index contributed by atoms with van der Waals surface area (Å²) in [6, 6.07) is 11.1. The van der Waals surface area contributed by atoms with E-state index in [1.54, 1.807) is 36.8 Å². The van der Waals surface area contributed by atoms with Crippen LogP contribution in [0.4, 0.5) is 10.3 Å². The summed E-state index contributed by atoms with van der Waals surface area (Å²) in [5.74, 6) is -0.0358. The van der Waals surface area contributed by atoms with E-state index in [1.165, 1.54) is 6.07 Å². The molecule has 1 saturated carbocycles. The number of carbonyl (C=O) groups is 1. The van der Waals surface area contributed by atoms with Gasteiger partial charge in [0.15, 0.2) is 5.56 Å². The molecule has 1 aliphatic carbocycles. The molecule has 2 aliphatic rings. The summed E-state index contributed by atoms with van der Waals surface area (Å²) in [5.41, 5.74) is 2.50. The molecule has 10 heteroatoms. The van der Waals surface area contributed by atoms with Crippen LogP contribution in [0.15, 0.2) is 59.9 Å². The molecule has 36 heavy (non-hydrogen) atoms. The van der Waals surface area contributed by atoms with Crippen LogP contribution in [0, 0.1) is 5.82 Å². The predicted octanol–water partition coefficient (Wildman–Crippen LogP) is 3.67. The third-order valence-corrected chi connectivity index (χ3v) is 7.26. The number of halogens is 1. The predicted molar refractivity (Wildman–Crippen MR) is 138 cm³/mol. The number of nitrogens with one attached hydrogen (secondary N) is 3. The minimum absolute atomic E-state index is 0.255. The number of thioether (sulfide) groups is 1. The van der Waals surface area contributed by atoms with E-state index in [-0.39, 0.29) is 17.8 Å². The quantitative estimate of drug-likeness (QED) is 0.359. The standard InChI is InChI=1S/C26H27FN6O2S/c27-18-4-3-17(22(12-18)16-2-1-10-28-14-16)15-30-19-5-7-20(8-6-19)31-25-29-11-9-21(32-25)13-23-24(34)33-26(35)36-23/h1-4,9-14,19-20,26,30,35H,5-8,15H2,(H,33,34)(H,29,31,32)/b23-13-. The summed E-state index contributed by atoms with van der Waals surface area (Å²) in [5, 5.41) is 19.0. The van der Waals surface area contributed by atoms with Crippen molar-refractivity contribution in [1.29, 1.82) is 0 Å². The van der Waals surface area contributed by atoms with Gasteiger partial charge in [0.2, 0.25) is 5.95 Å². The number of hydrogen-bond acceptors (Lipinski definition) is 8. The Morgan fingerprint density at radius 3 is 2.72 bits per heavy atom. The van der Waals surface area contributed by atoms with Gasteiger partial charge in [0.05, 0.1) is 10.6 Å². The number of aromatic nitrogens is 3. The lowest BCUT2D eigenvalue weighted by molar-refractivity contribution is -0.117. The van der Waals surface area contributed by atoms with Gasteiger partial charge in [0.25, 0.3) is 5.91 Å². The van der Waals surface area contributed by atoms with Crippen LogP contribution in [0.3, 0.4) is 0 Å². The molecule has 4 N–H and O–H groups in total. The maximum Gasteiger partial charge on any atom is 0.260 e. The maximum atomic E-state index is 13.9. The smallest absolute Gasteiger partial charge is 0.260 e. The average molecular weight is 507 g/mol. The molecule has 0 bridgehead atoms. The lowest BCUT2D eigenvalue weighted by atomic mass is 9.91. The van der Waals surface area contributed by atoms with Crippen LogP contribution in [0.2, 0.25) is 0 Å². The van der Waals surface area contributed by atoms with Gasteiger partial charge < -0.3 is 21.1 Å². The SMILES string of the molecule is O=C1NC(O)S/C1=C\c1ccnc(NC2CCC(NCc3ccc(F)cc3-c3cccnc3)CC2)n1. The van der Waals surface area contributed by atoms with Crippen LogP contribution >= 0.6 is 11.8 Å². The number of rotatable bonds is 7. The van der Waals surface area contributed by atoms with Crippen LogP contribution in [0.5, 0.6) is 0 Å². The Morgan fingerprint density at radius 2 is 1.97 bits per heavy atom. The largest absolute Gasteiger partial charge is 0.364 e. The van der Waals surface area contributed by atoms with E-state index >= 15 is 0 Å². The molecule has 186 valence electrons. The molecular formula is C26H27FN6O2S. The van der Waals surface area contributed by atoms with E-state index in [4.69, 9.17) is 0 Å². The lowest BCUT2D eigenvalue weighted by Gasteiger charge is -2.30. The van der Waals surface area contributed by atoms with Crippen LogP contribution in [-0.2, 0) is 11.3 Å². The first-order valence-corrected chi connectivity index (χ1v) is 12.8. The molecule has 8 nitrogen and oxygen atoms in total. The van der Waals surface area contributed by atoms with E-state index in [9.17, 15) is 14.3 Å². The molecule has 1 atom stereocenters. The summed E-state index contributed by atoms with van der Waals surface area (Å²) in [7, 11) is 0. The first-order chi connectivity index (χ1) is 17.5. The van der Waals surface area contributed by atoms with E-state index in [0.29, 0.717) is 29.1 Å². The van der Waals surface area contributed by atoms with Crippen molar-refractivity contribution in [1.82, 2.24) is 25.6 Å². The molecule has 1 aliphatic heterocycles. The van der Waals surface area contributed by atoms with Crippen molar-refractivity contribution < 1.29 is 14.3 Å². The summed E-state index contributed by atoms with van der Waals surface area (Å²) in [6.45, 7) is 0.660.